The van der Waals surface area contributed by atoms with Gasteiger partial charge in [-0.3, -0.25) is 13.9 Å². The van der Waals surface area contributed by atoms with E-state index in [0.717, 1.165) is 9.87 Å². The Morgan fingerprint density at radius 1 is 0.892 bits per heavy atom. The van der Waals surface area contributed by atoms with Gasteiger partial charge in [0, 0.05) is 17.6 Å². The van der Waals surface area contributed by atoms with Crippen molar-refractivity contribution in [1.29, 1.82) is 0 Å². The molecule has 196 valence electrons. The van der Waals surface area contributed by atoms with Gasteiger partial charge >= 0.3 is 0 Å². The molecule has 37 heavy (non-hydrogen) atoms. The summed E-state index contributed by atoms with van der Waals surface area (Å²) in [4.78, 5) is 28.1. The fourth-order valence-electron chi connectivity index (χ4n) is 3.76. The fraction of sp³-hybridized carbons (Fsp3) is 0.286. The van der Waals surface area contributed by atoms with Crippen molar-refractivity contribution in [3.05, 3.63) is 95.0 Å². The minimum absolute atomic E-state index is 0.0401. The van der Waals surface area contributed by atoms with Crippen LogP contribution in [0, 0.1) is 6.92 Å². The highest BCUT2D eigenvalue weighted by Crippen LogP contribution is 2.25. The van der Waals surface area contributed by atoms with E-state index >= 15 is 0 Å². The first-order valence-electron chi connectivity index (χ1n) is 12.0. The van der Waals surface area contributed by atoms with Gasteiger partial charge in [-0.2, -0.15) is 0 Å². The molecule has 0 bridgehead atoms. The summed E-state index contributed by atoms with van der Waals surface area (Å²) < 4.78 is 28.5. The molecule has 0 spiro atoms. The smallest absolute Gasteiger partial charge is 0.264 e. The highest BCUT2D eigenvalue weighted by molar-refractivity contribution is 7.92. The number of carbonyl (C=O) groups excluding carboxylic acids is 2. The molecular weight excluding hydrogens is 510 g/mol. The SMILES string of the molecule is Cc1ccc(S(=O)(=O)N(CC(=O)N(Cc2ccccc2Cl)C(C)C(=O)NC(C)C)c2ccccc2)cc1. The van der Waals surface area contributed by atoms with Crippen molar-refractivity contribution >= 4 is 39.1 Å². The summed E-state index contributed by atoms with van der Waals surface area (Å²) in [7, 11) is -4.09. The Bertz CT molecular complexity index is 1330. The lowest BCUT2D eigenvalue weighted by Crippen LogP contribution is -2.52. The van der Waals surface area contributed by atoms with Crippen molar-refractivity contribution in [2.24, 2.45) is 0 Å². The van der Waals surface area contributed by atoms with Gasteiger partial charge in [0.15, 0.2) is 0 Å². The van der Waals surface area contributed by atoms with E-state index in [4.69, 9.17) is 11.6 Å². The minimum atomic E-state index is -4.09. The van der Waals surface area contributed by atoms with Gasteiger partial charge in [0.2, 0.25) is 11.8 Å². The van der Waals surface area contributed by atoms with Crippen LogP contribution in [0.25, 0.3) is 0 Å². The van der Waals surface area contributed by atoms with Crippen LogP contribution in [0.4, 0.5) is 5.69 Å². The zero-order valence-corrected chi connectivity index (χ0v) is 23.0. The molecule has 2 amide bonds. The number of carbonyl (C=O) groups is 2. The Balaban J connectivity index is 2.01. The molecule has 0 saturated carbocycles. The van der Waals surface area contributed by atoms with Gasteiger partial charge in [-0.25, -0.2) is 8.42 Å². The van der Waals surface area contributed by atoms with E-state index in [2.05, 4.69) is 5.32 Å². The Morgan fingerprint density at radius 2 is 1.49 bits per heavy atom. The number of benzene rings is 3. The number of sulfonamides is 1. The zero-order valence-electron chi connectivity index (χ0n) is 21.4. The number of halogens is 1. The van der Waals surface area contributed by atoms with E-state index in [1.807, 2.05) is 20.8 Å². The second kappa shape index (κ2) is 12.3. The molecule has 3 aromatic carbocycles. The molecule has 0 aliphatic carbocycles. The zero-order chi connectivity index (χ0) is 27.2. The highest BCUT2D eigenvalue weighted by atomic mass is 35.5. The van der Waals surface area contributed by atoms with Crippen molar-refractivity contribution in [2.45, 2.75) is 51.2 Å². The number of para-hydroxylation sites is 1. The maximum absolute atomic E-state index is 13.8. The predicted molar refractivity (Wildman–Crippen MR) is 147 cm³/mol. The molecule has 1 atom stereocenters. The largest absolute Gasteiger partial charge is 0.352 e. The molecule has 1 N–H and O–H groups in total. The van der Waals surface area contributed by atoms with E-state index in [1.54, 1.807) is 73.7 Å². The maximum Gasteiger partial charge on any atom is 0.264 e. The Morgan fingerprint density at radius 3 is 2.08 bits per heavy atom. The van der Waals surface area contributed by atoms with E-state index in [1.165, 1.54) is 17.0 Å². The number of nitrogens with one attached hydrogen (secondary N) is 1. The van der Waals surface area contributed by atoms with Crippen molar-refractivity contribution in [3.8, 4) is 0 Å². The predicted octanol–water partition coefficient (Wildman–Crippen LogP) is 4.79. The van der Waals surface area contributed by atoms with Gasteiger partial charge in [-0.1, -0.05) is 65.7 Å². The Labute approximate surface area is 224 Å². The number of amides is 2. The molecule has 0 saturated heterocycles. The summed E-state index contributed by atoms with van der Waals surface area (Å²) in [5, 5.41) is 3.28. The molecule has 7 nitrogen and oxygen atoms in total. The van der Waals surface area contributed by atoms with Crippen molar-refractivity contribution < 1.29 is 18.0 Å². The van der Waals surface area contributed by atoms with Crippen molar-refractivity contribution in [3.63, 3.8) is 0 Å². The summed E-state index contributed by atoms with van der Waals surface area (Å²) in [6, 6.07) is 20.9. The highest BCUT2D eigenvalue weighted by Gasteiger charge is 2.32. The van der Waals surface area contributed by atoms with Crippen molar-refractivity contribution in [2.75, 3.05) is 10.8 Å². The Hall–Kier alpha value is -3.36. The first kappa shape index (κ1) is 28.2. The van der Waals surface area contributed by atoms with E-state index in [9.17, 15) is 18.0 Å². The van der Waals surface area contributed by atoms with Crippen LogP contribution < -0.4 is 9.62 Å². The molecule has 0 fully saturated rings. The maximum atomic E-state index is 13.8. The lowest BCUT2D eigenvalue weighted by Gasteiger charge is -2.32. The van der Waals surface area contributed by atoms with Crippen molar-refractivity contribution in [1.82, 2.24) is 10.2 Å². The number of hydrogen-bond acceptors (Lipinski definition) is 4. The third-order valence-corrected chi connectivity index (χ3v) is 7.99. The Kier molecular flexibility index (Phi) is 9.34. The van der Waals surface area contributed by atoms with E-state index in [-0.39, 0.29) is 23.4 Å². The summed E-state index contributed by atoms with van der Waals surface area (Å²) >= 11 is 6.36. The van der Waals surface area contributed by atoms with Gasteiger partial charge in [-0.05, 0) is 63.6 Å². The van der Waals surface area contributed by atoms with Crippen LogP contribution in [0.15, 0.2) is 83.8 Å². The molecule has 0 radical (unpaired) electrons. The van der Waals surface area contributed by atoms with Crippen LogP contribution in [0.5, 0.6) is 0 Å². The number of hydrogen-bond donors (Lipinski definition) is 1. The van der Waals surface area contributed by atoms with Gasteiger partial charge in [-0.15, -0.1) is 0 Å². The summed E-state index contributed by atoms with van der Waals surface area (Å²) in [6.45, 7) is 6.69. The van der Waals surface area contributed by atoms with Gasteiger partial charge in [0.25, 0.3) is 10.0 Å². The average molecular weight is 542 g/mol. The molecule has 3 rings (SSSR count). The normalized spacial score (nSPS) is 12.2. The number of anilines is 1. The van der Waals surface area contributed by atoms with Crippen LogP contribution in [0.2, 0.25) is 5.02 Å². The first-order valence-corrected chi connectivity index (χ1v) is 13.8. The molecule has 0 aliphatic heterocycles. The van der Waals surface area contributed by atoms with E-state index in [0.29, 0.717) is 16.3 Å². The lowest BCUT2D eigenvalue weighted by atomic mass is 10.1. The quantitative estimate of drug-likeness (QED) is 0.400. The number of nitrogens with zero attached hydrogens (tertiary/aromatic N) is 2. The minimum Gasteiger partial charge on any atom is -0.352 e. The third-order valence-electron chi connectivity index (χ3n) is 5.83. The summed E-state index contributed by atoms with van der Waals surface area (Å²) in [5.74, 6) is -0.881. The fourth-order valence-corrected chi connectivity index (χ4v) is 5.37. The lowest BCUT2D eigenvalue weighted by molar-refractivity contribution is -0.139. The monoisotopic (exact) mass is 541 g/mol. The molecule has 0 heterocycles. The topological polar surface area (TPSA) is 86.8 Å². The molecule has 0 aromatic heterocycles. The molecule has 3 aromatic rings. The molecule has 0 aliphatic rings. The second-order valence-corrected chi connectivity index (χ2v) is 11.4. The van der Waals surface area contributed by atoms with Gasteiger partial charge in [0.1, 0.15) is 12.6 Å². The van der Waals surface area contributed by atoms with Gasteiger partial charge in [0.05, 0.1) is 10.6 Å². The molecular formula is C28H32ClN3O4S. The van der Waals surface area contributed by atoms with Crippen LogP contribution in [-0.4, -0.2) is 43.8 Å². The van der Waals surface area contributed by atoms with Gasteiger partial charge < -0.3 is 10.2 Å². The molecule has 1 unspecified atom stereocenters. The first-order chi connectivity index (χ1) is 17.5. The number of rotatable bonds is 10. The van der Waals surface area contributed by atoms with Crippen LogP contribution in [0.1, 0.15) is 31.9 Å². The summed E-state index contributed by atoms with van der Waals surface area (Å²) in [6.07, 6.45) is 0. The third kappa shape index (κ3) is 7.11. The second-order valence-electron chi connectivity index (χ2n) is 9.11. The number of aryl methyl sites for hydroxylation is 1. The van der Waals surface area contributed by atoms with Crippen LogP contribution in [-0.2, 0) is 26.2 Å². The van der Waals surface area contributed by atoms with E-state index < -0.39 is 28.5 Å². The standard InChI is InChI=1S/C28H32ClN3O4S/c1-20(2)30-28(34)22(4)31(18-23-10-8-9-13-26(23)29)27(33)19-32(24-11-6-5-7-12-24)37(35,36)25-16-14-21(3)15-17-25/h5-17,20,22H,18-19H2,1-4H3,(H,30,34). The molecule has 9 heteroatoms. The van der Waals surface area contributed by atoms with Crippen LogP contribution in [0.3, 0.4) is 0 Å². The summed E-state index contributed by atoms with van der Waals surface area (Å²) in [5.41, 5.74) is 1.90. The average Bonchev–Trinajstić information content (AvgIpc) is 2.86. The van der Waals surface area contributed by atoms with Crippen LogP contribution >= 0.6 is 11.6 Å².